The molecule has 0 N–H and O–H groups in total. The maximum absolute atomic E-state index is 12.5. The fourth-order valence-electron chi connectivity index (χ4n) is 4.52. The lowest BCUT2D eigenvalue weighted by Gasteiger charge is -2.59. The van der Waals surface area contributed by atoms with Crippen LogP contribution in [0.25, 0.3) is 11.1 Å². The number of carbonyl (C=O) groups is 2. The number of hydrogen-bond acceptors (Lipinski definition) is 2. The minimum Gasteiger partial charge on any atom is -0.332 e. The summed E-state index contributed by atoms with van der Waals surface area (Å²) in [5.41, 5.74) is 3.66. The highest BCUT2D eigenvalue weighted by Crippen LogP contribution is 2.44. The Hall–Kier alpha value is -2.62. The molecule has 4 heteroatoms. The zero-order valence-electron chi connectivity index (χ0n) is 17.3. The Morgan fingerprint density at radius 2 is 1.61 bits per heavy atom. The van der Waals surface area contributed by atoms with Gasteiger partial charge in [0.2, 0.25) is 11.8 Å². The van der Waals surface area contributed by atoms with E-state index in [1.165, 1.54) is 16.7 Å². The first kappa shape index (κ1) is 20.1. The molecule has 0 spiro atoms. The quantitative estimate of drug-likeness (QED) is 0.798. The van der Waals surface area contributed by atoms with Crippen LogP contribution >= 0.6 is 0 Å². The van der Waals surface area contributed by atoms with Crippen LogP contribution in [0.4, 0.5) is 0 Å². The molecule has 2 aliphatic heterocycles. The molecule has 2 aliphatic rings. The summed E-state index contributed by atoms with van der Waals surface area (Å²) in [7, 11) is 0. The van der Waals surface area contributed by atoms with Crippen LogP contribution < -0.4 is 0 Å². The van der Waals surface area contributed by atoms with E-state index in [0.717, 1.165) is 6.42 Å². The van der Waals surface area contributed by atoms with Crippen molar-refractivity contribution in [2.24, 2.45) is 0 Å². The molecule has 0 saturated carbocycles. The molecule has 3 atom stereocenters. The highest BCUT2D eigenvalue weighted by atomic mass is 16.2. The molecule has 148 valence electrons. The molecule has 4 nitrogen and oxygen atoms in total. The summed E-state index contributed by atoms with van der Waals surface area (Å²) in [6.07, 6.45) is 0.938. The van der Waals surface area contributed by atoms with Crippen molar-refractivity contribution in [3.05, 3.63) is 60.2 Å². The number of hydrogen-bond donors (Lipinski definition) is 0. The third-order valence-electron chi connectivity index (χ3n) is 5.83. The van der Waals surface area contributed by atoms with Gasteiger partial charge in [0.1, 0.15) is 0 Å². The summed E-state index contributed by atoms with van der Waals surface area (Å²) in [6, 6.07) is 19.4. The number of rotatable bonds is 3. The van der Waals surface area contributed by atoms with Crippen LogP contribution in [0.1, 0.15) is 45.6 Å². The fourth-order valence-corrected chi connectivity index (χ4v) is 4.52. The van der Waals surface area contributed by atoms with Crippen molar-refractivity contribution in [1.29, 1.82) is 0 Å². The summed E-state index contributed by atoms with van der Waals surface area (Å²) in [5.74, 6) is 0.368. The van der Waals surface area contributed by atoms with Gasteiger partial charge in [-0.05, 0) is 23.1 Å². The normalized spacial score (nSPS) is 23.3. The average molecular weight is 379 g/mol. The molecule has 0 aromatic heterocycles. The Bertz CT molecular complexity index is 816. The third-order valence-corrected chi connectivity index (χ3v) is 5.83. The van der Waals surface area contributed by atoms with Crippen LogP contribution in [-0.2, 0) is 9.59 Å². The van der Waals surface area contributed by atoms with Gasteiger partial charge in [-0.15, -0.1) is 0 Å². The number of fused-ring (bicyclic) bond motifs is 1. The Labute approximate surface area is 168 Å². The summed E-state index contributed by atoms with van der Waals surface area (Å²) in [4.78, 5) is 27.9. The largest absolute Gasteiger partial charge is 0.332 e. The summed E-state index contributed by atoms with van der Waals surface area (Å²) in [6.45, 7) is 8.55. The van der Waals surface area contributed by atoms with E-state index in [0.29, 0.717) is 12.5 Å². The molecule has 2 fully saturated rings. The van der Waals surface area contributed by atoms with Crippen molar-refractivity contribution in [3.63, 3.8) is 0 Å². The molecule has 28 heavy (non-hydrogen) atoms. The average Bonchev–Trinajstić information content (AvgIpc) is 2.72. The lowest BCUT2D eigenvalue weighted by atomic mass is 9.72. The minimum absolute atomic E-state index is 0.0175. The number of piperazine rings is 1. The van der Waals surface area contributed by atoms with Gasteiger partial charge in [-0.25, -0.2) is 0 Å². The maximum atomic E-state index is 12.5. The van der Waals surface area contributed by atoms with E-state index >= 15 is 0 Å². The standard InChI is InChI=1S/C22H24N2O2.C2H6/c1-3-19-22(20-13-23(15(2)25)14-21(26)24(19)20)18-11-9-17(10-12-18)16-7-5-4-6-8-16;1-2/h4-12,19-20,22H,3,13-14H2,1-2H3;1-2H3. The molecule has 2 heterocycles. The molecular formula is C24H30N2O2. The Morgan fingerprint density at radius 1 is 1.00 bits per heavy atom. The summed E-state index contributed by atoms with van der Waals surface area (Å²) >= 11 is 0. The molecule has 0 aliphatic carbocycles. The van der Waals surface area contributed by atoms with E-state index in [1.807, 2.05) is 36.9 Å². The van der Waals surface area contributed by atoms with Gasteiger partial charge in [0.15, 0.2) is 0 Å². The lowest BCUT2D eigenvalue weighted by molar-refractivity contribution is -0.163. The van der Waals surface area contributed by atoms with Gasteiger partial charge >= 0.3 is 0 Å². The highest BCUT2D eigenvalue weighted by Gasteiger charge is 2.53. The predicted molar refractivity (Wildman–Crippen MR) is 113 cm³/mol. The van der Waals surface area contributed by atoms with Crippen molar-refractivity contribution in [2.75, 3.05) is 13.1 Å². The minimum atomic E-state index is -0.0175. The predicted octanol–water partition coefficient (Wildman–Crippen LogP) is 4.31. The van der Waals surface area contributed by atoms with Gasteiger partial charge in [0.25, 0.3) is 0 Å². The first-order valence-corrected chi connectivity index (χ1v) is 10.3. The van der Waals surface area contributed by atoms with E-state index in [-0.39, 0.29) is 30.4 Å². The van der Waals surface area contributed by atoms with Gasteiger partial charge in [0, 0.05) is 25.4 Å². The van der Waals surface area contributed by atoms with Crippen molar-refractivity contribution < 1.29 is 9.59 Å². The molecule has 2 aromatic rings. The van der Waals surface area contributed by atoms with Crippen molar-refractivity contribution in [3.8, 4) is 11.1 Å². The number of benzene rings is 2. The summed E-state index contributed by atoms with van der Waals surface area (Å²) in [5, 5.41) is 0. The Kier molecular flexibility index (Phi) is 6.18. The zero-order chi connectivity index (χ0) is 20.3. The van der Waals surface area contributed by atoms with Crippen LogP contribution in [0.3, 0.4) is 0 Å². The molecule has 0 bridgehead atoms. The Morgan fingerprint density at radius 3 is 2.18 bits per heavy atom. The van der Waals surface area contributed by atoms with E-state index in [2.05, 4.69) is 43.3 Å². The van der Waals surface area contributed by atoms with E-state index < -0.39 is 0 Å². The molecule has 2 saturated heterocycles. The molecule has 2 amide bonds. The van der Waals surface area contributed by atoms with Gasteiger partial charge in [-0.1, -0.05) is 75.4 Å². The van der Waals surface area contributed by atoms with Crippen LogP contribution in [0.5, 0.6) is 0 Å². The lowest BCUT2D eigenvalue weighted by Crippen LogP contribution is -2.72. The van der Waals surface area contributed by atoms with E-state index in [1.54, 1.807) is 11.8 Å². The number of carbonyl (C=O) groups excluding carboxylic acids is 2. The highest BCUT2D eigenvalue weighted by molar-refractivity contribution is 5.87. The second kappa shape index (κ2) is 8.59. The van der Waals surface area contributed by atoms with Gasteiger partial charge < -0.3 is 9.80 Å². The second-order valence-electron chi connectivity index (χ2n) is 7.26. The third kappa shape index (κ3) is 3.56. The zero-order valence-corrected chi connectivity index (χ0v) is 17.3. The van der Waals surface area contributed by atoms with Gasteiger partial charge in [-0.2, -0.15) is 0 Å². The van der Waals surface area contributed by atoms with Crippen LogP contribution in [0.2, 0.25) is 0 Å². The molecule has 2 aromatic carbocycles. The smallest absolute Gasteiger partial charge is 0.242 e. The summed E-state index contributed by atoms with van der Waals surface area (Å²) < 4.78 is 0. The van der Waals surface area contributed by atoms with Crippen molar-refractivity contribution in [2.45, 2.75) is 52.1 Å². The molecule has 0 radical (unpaired) electrons. The van der Waals surface area contributed by atoms with Crippen molar-refractivity contribution in [1.82, 2.24) is 9.80 Å². The van der Waals surface area contributed by atoms with E-state index in [4.69, 9.17) is 0 Å². The Balaban J connectivity index is 0.00000109. The number of amides is 2. The van der Waals surface area contributed by atoms with Crippen LogP contribution in [0.15, 0.2) is 54.6 Å². The topological polar surface area (TPSA) is 40.6 Å². The second-order valence-corrected chi connectivity index (χ2v) is 7.26. The monoisotopic (exact) mass is 378 g/mol. The molecular weight excluding hydrogens is 348 g/mol. The fraction of sp³-hybridized carbons (Fsp3) is 0.417. The SMILES string of the molecule is CC.CCC1C(c2ccc(-c3ccccc3)cc2)C2CN(C(C)=O)CC(=O)N12. The maximum Gasteiger partial charge on any atom is 0.242 e. The molecule has 4 rings (SSSR count). The van der Waals surface area contributed by atoms with Gasteiger partial charge in [0.05, 0.1) is 12.6 Å². The van der Waals surface area contributed by atoms with Crippen molar-refractivity contribution >= 4 is 11.8 Å². The number of nitrogens with zero attached hydrogens (tertiary/aromatic N) is 2. The first-order valence-electron chi connectivity index (χ1n) is 10.3. The van der Waals surface area contributed by atoms with Crippen LogP contribution in [0, 0.1) is 0 Å². The van der Waals surface area contributed by atoms with Crippen LogP contribution in [-0.4, -0.2) is 46.8 Å². The van der Waals surface area contributed by atoms with E-state index in [9.17, 15) is 9.59 Å². The first-order chi connectivity index (χ1) is 13.6. The molecule has 3 unspecified atom stereocenters. The van der Waals surface area contributed by atoms with Gasteiger partial charge in [-0.3, -0.25) is 9.59 Å².